The molecule has 4 heteroatoms. The molecule has 0 radical (unpaired) electrons. The van der Waals surface area contributed by atoms with Crippen molar-refractivity contribution in [1.29, 1.82) is 0 Å². The van der Waals surface area contributed by atoms with E-state index in [-0.39, 0.29) is 11.8 Å². The second-order valence-corrected chi connectivity index (χ2v) is 5.97. The molecule has 122 valence electrons. The molecule has 2 N–H and O–H groups in total. The van der Waals surface area contributed by atoms with Gasteiger partial charge in [-0.3, -0.25) is 4.79 Å². The Morgan fingerprint density at radius 1 is 1.27 bits per heavy atom. The lowest BCUT2D eigenvalue weighted by Gasteiger charge is -2.21. The molecule has 22 heavy (non-hydrogen) atoms. The smallest absolute Gasteiger partial charge is 0.228 e. The van der Waals surface area contributed by atoms with E-state index in [4.69, 9.17) is 4.74 Å². The zero-order valence-electron chi connectivity index (χ0n) is 13.6. The number of rotatable bonds is 8. The Labute approximate surface area is 133 Å². The minimum atomic E-state index is 0.0863. The van der Waals surface area contributed by atoms with Crippen molar-refractivity contribution in [1.82, 2.24) is 5.32 Å². The third-order valence-corrected chi connectivity index (χ3v) is 4.06. The van der Waals surface area contributed by atoms with Gasteiger partial charge in [0.05, 0.1) is 12.5 Å². The number of carbonyl (C=O) groups excluding carboxylic acids is 1. The number of hydrogen-bond donors (Lipinski definition) is 2. The number of anilines is 1. The van der Waals surface area contributed by atoms with Crippen molar-refractivity contribution in [2.75, 3.05) is 25.0 Å². The number of unbranched alkanes of at least 4 members (excludes halogenated alkanes) is 3. The van der Waals surface area contributed by atoms with Crippen molar-refractivity contribution in [3.8, 4) is 5.75 Å². The van der Waals surface area contributed by atoms with Crippen LogP contribution in [-0.2, 0) is 4.79 Å². The van der Waals surface area contributed by atoms with Gasteiger partial charge < -0.3 is 15.4 Å². The van der Waals surface area contributed by atoms with Gasteiger partial charge in [0.2, 0.25) is 5.91 Å². The number of amides is 1. The van der Waals surface area contributed by atoms with E-state index in [1.54, 1.807) is 0 Å². The number of carbonyl (C=O) groups is 1. The summed E-state index contributed by atoms with van der Waals surface area (Å²) >= 11 is 0. The molecule has 0 saturated carbocycles. The quantitative estimate of drug-likeness (QED) is 0.722. The van der Waals surface area contributed by atoms with E-state index in [0.29, 0.717) is 0 Å². The molecule has 0 spiro atoms. The molecule has 1 amide bonds. The van der Waals surface area contributed by atoms with Crippen molar-refractivity contribution in [3.63, 3.8) is 0 Å². The van der Waals surface area contributed by atoms with Gasteiger partial charge in [0.25, 0.3) is 0 Å². The molecule has 0 bridgehead atoms. The molecule has 1 unspecified atom stereocenters. The van der Waals surface area contributed by atoms with E-state index >= 15 is 0 Å². The summed E-state index contributed by atoms with van der Waals surface area (Å²) in [6.45, 7) is 4.77. The van der Waals surface area contributed by atoms with Crippen LogP contribution in [0.3, 0.4) is 0 Å². The second-order valence-electron chi connectivity index (χ2n) is 5.97. The van der Waals surface area contributed by atoms with Gasteiger partial charge in [-0.05, 0) is 50.1 Å². The molecule has 1 atom stereocenters. The molecular formula is C18H28N2O2. The van der Waals surface area contributed by atoms with E-state index in [2.05, 4.69) is 17.6 Å². The monoisotopic (exact) mass is 304 g/mol. The standard InChI is InChI=1S/C18H28N2O2/c1-2-3-4-5-13-22-17-10-8-16(9-11-17)20-18(21)15-7-6-12-19-14-15/h8-11,15,19H,2-7,12-14H2,1H3,(H,20,21). The van der Waals surface area contributed by atoms with Crippen LogP contribution in [0.5, 0.6) is 5.75 Å². The van der Waals surface area contributed by atoms with E-state index in [1.165, 1.54) is 19.3 Å². The first-order valence-corrected chi connectivity index (χ1v) is 8.54. The van der Waals surface area contributed by atoms with Gasteiger partial charge in [-0.2, -0.15) is 0 Å². The van der Waals surface area contributed by atoms with Gasteiger partial charge in [-0.1, -0.05) is 26.2 Å². The van der Waals surface area contributed by atoms with Crippen LogP contribution in [0.25, 0.3) is 0 Å². The SMILES string of the molecule is CCCCCCOc1ccc(NC(=O)C2CCCNC2)cc1. The molecular weight excluding hydrogens is 276 g/mol. The maximum atomic E-state index is 12.1. The normalized spacial score (nSPS) is 18.0. The lowest BCUT2D eigenvalue weighted by molar-refractivity contribution is -0.120. The molecule has 0 aromatic heterocycles. The molecule has 1 heterocycles. The molecule has 1 saturated heterocycles. The number of ether oxygens (including phenoxy) is 1. The molecule has 4 nitrogen and oxygen atoms in total. The Bertz CT molecular complexity index is 439. The summed E-state index contributed by atoms with van der Waals surface area (Å²) in [5.41, 5.74) is 0.842. The zero-order valence-corrected chi connectivity index (χ0v) is 13.6. The minimum Gasteiger partial charge on any atom is -0.494 e. The first-order valence-electron chi connectivity index (χ1n) is 8.54. The number of nitrogens with one attached hydrogen (secondary N) is 2. The Balaban J connectivity index is 1.72. The summed E-state index contributed by atoms with van der Waals surface area (Å²) in [7, 11) is 0. The Morgan fingerprint density at radius 2 is 2.09 bits per heavy atom. The summed E-state index contributed by atoms with van der Waals surface area (Å²) < 4.78 is 5.71. The molecule has 1 aromatic rings. The van der Waals surface area contributed by atoms with Gasteiger partial charge >= 0.3 is 0 Å². The topological polar surface area (TPSA) is 50.4 Å². The summed E-state index contributed by atoms with van der Waals surface area (Å²) in [4.78, 5) is 12.1. The summed E-state index contributed by atoms with van der Waals surface area (Å²) in [6, 6.07) is 7.67. The predicted molar refractivity (Wildman–Crippen MR) is 90.3 cm³/mol. The van der Waals surface area contributed by atoms with Crippen LogP contribution in [0.2, 0.25) is 0 Å². The summed E-state index contributed by atoms with van der Waals surface area (Å²) in [5, 5.41) is 6.26. The van der Waals surface area contributed by atoms with Crippen molar-refractivity contribution >= 4 is 11.6 Å². The zero-order chi connectivity index (χ0) is 15.6. The van der Waals surface area contributed by atoms with Crippen LogP contribution in [0.15, 0.2) is 24.3 Å². The predicted octanol–water partition coefficient (Wildman–Crippen LogP) is 3.58. The minimum absolute atomic E-state index is 0.0863. The second kappa shape index (κ2) is 9.46. The maximum Gasteiger partial charge on any atom is 0.228 e. The van der Waals surface area contributed by atoms with Crippen LogP contribution in [0, 0.1) is 5.92 Å². The third-order valence-electron chi connectivity index (χ3n) is 4.06. The first kappa shape index (κ1) is 16.8. The van der Waals surface area contributed by atoms with E-state index in [1.807, 2.05) is 24.3 Å². The van der Waals surface area contributed by atoms with E-state index in [0.717, 1.165) is 50.4 Å². The largest absolute Gasteiger partial charge is 0.494 e. The van der Waals surface area contributed by atoms with Gasteiger partial charge in [-0.15, -0.1) is 0 Å². The highest BCUT2D eigenvalue weighted by atomic mass is 16.5. The molecule has 2 rings (SSSR count). The van der Waals surface area contributed by atoms with Crippen LogP contribution < -0.4 is 15.4 Å². The number of benzene rings is 1. The van der Waals surface area contributed by atoms with E-state index < -0.39 is 0 Å². The Hall–Kier alpha value is -1.55. The number of piperidine rings is 1. The van der Waals surface area contributed by atoms with Crippen molar-refractivity contribution in [2.45, 2.75) is 45.4 Å². The van der Waals surface area contributed by atoms with Gasteiger partial charge in [0.1, 0.15) is 5.75 Å². The van der Waals surface area contributed by atoms with Crippen molar-refractivity contribution in [2.24, 2.45) is 5.92 Å². The van der Waals surface area contributed by atoms with Gasteiger partial charge in [-0.25, -0.2) is 0 Å². The Kier molecular flexibility index (Phi) is 7.23. The average Bonchev–Trinajstić information content (AvgIpc) is 2.57. The first-order chi connectivity index (χ1) is 10.8. The lowest BCUT2D eigenvalue weighted by Crippen LogP contribution is -2.37. The van der Waals surface area contributed by atoms with Crippen LogP contribution in [-0.4, -0.2) is 25.6 Å². The highest BCUT2D eigenvalue weighted by Crippen LogP contribution is 2.18. The summed E-state index contributed by atoms with van der Waals surface area (Å²) in [6.07, 6.45) is 6.87. The molecule has 1 aromatic carbocycles. The molecule has 1 aliphatic rings. The fourth-order valence-corrected chi connectivity index (χ4v) is 2.67. The van der Waals surface area contributed by atoms with Gasteiger partial charge in [0.15, 0.2) is 0 Å². The fraction of sp³-hybridized carbons (Fsp3) is 0.611. The Morgan fingerprint density at radius 3 is 2.77 bits per heavy atom. The average molecular weight is 304 g/mol. The fourth-order valence-electron chi connectivity index (χ4n) is 2.67. The van der Waals surface area contributed by atoms with Crippen molar-refractivity contribution in [3.05, 3.63) is 24.3 Å². The lowest BCUT2D eigenvalue weighted by atomic mass is 9.99. The highest BCUT2D eigenvalue weighted by Gasteiger charge is 2.20. The maximum absolute atomic E-state index is 12.1. The summed E-state index contributed by atoms with van der Waals surface area (Å²) in [5.74, 6) is 1.07. The van der Waals surface area contributed by atoms with Gasteiger partial charge in [0, 0.05) is 12.2 Å². The van der Waals surface area contributed by atoms with E-state index in [9.17, 15) is 4.79 Å². The molecule has 1 aliphatic heterocycles. The molecule has 0 aliphatic carbocycles. The molecule has 1 fully saturated rings. The van der Waals surface area contributed by atoms with Crippen molar-refractivity contribution < 1.29 is 9.53 Å². The number of hydrogen-bond acceptors (Lipinski definition) is 3. The van der Waals surface area contributed by atoms with Crippen LogP contribution in [0.1, 0.15) is 45.4 Å². The third kappa shape index (κ3) is 5.68. The van der Waals surface area contributed by atoms with Crippen LogP contribution >= 0.6 is 0 Å². The van der Waals surface area contributed by atoms with Crippen LogP contribution in [0.4, 0.5) is 5.69 Å². The highest BCUT2D eigenvalue weighted by molar-refractivity contribution is 5.92.